The third-order valence-electron chi connectivity index (χ3n) is 2.40. The van der Waals surface area contributed by atoms with Crippen molar-refractivity contribution in [1.82, 2.24) is 0 Å². The van der Waals surface area contributed by atoms with Crippen molar-refractivity contribution >= 4 is 0 Å². The number of rotatable bonds is 5. The van der Waals surface area contributed by atoms with E-state index in [2.05, 4.69) is 0 Å². The molecule has 2 unspecified atom stereocenters. The van der Waals surface area contributed by atoms with Gasteiger partial charge in [0.2, 0.25) is 0 Å². The lowest BCUT2D eigenvalue weighted by Crippen LogP contribution is -2.25. The van der Waals surface area contributed by atoms with E-state index >= 15 is 0 Å². The van der Waals surface area contributed by atoms with Crippen LogP contribution in [0.4, 0.5) is 13.2 Å². The van der Waals surface area contributed by atoms with Gasteiger partial charge in [0.05, 0.1) is 12.2 Å². The number of ether oxygens (including phenoxy) is 1. The Hall–Kier alpha value is -0.710. The molecule has 96 valence electrons. The van der Waals surface area contributed by atoms with Crippen molar-refractivity contribution in [2.75, 3.05) is 0 Å². The van der Waals surface area contributed by atoms with Gasteiger partial charge in [0.1, 0.15) is 0 Å². The second kappa shape index (κ2) is 6.13. The van der Waals surface area contributed by atoms with Gasteiger partial charge in [0.15, 0.2) is 0 Å². The Kier molecular flexibility index (Phi) is 5.86. The van der Waals surface area contributed by atoms with Crippen LogP contribution < -0.4 is 5.73 Å². The molecule has 0 aliphatic rings. The number of hydrogen-bond acceptors (Lipinski definition) is 2. The van der Waals surface area contributed by atoms with Crippen LogP contribution in [0.2, 0.25) is 0 Å². The van der Waals surface area contributed by atoms with Crippen LogP contribution in [0.15, 0.2) is 11.8 Å². The molecule has 16 heavy (non-hydrogen) atoms. The van der Waals surface area contributed by atoms with E-state index in [1.165, 1.54) is 0 Å². The van der Waals surface area contributed by atoms with Crippen LogP contribution in [0, 0.1) is 5.92 Å². The predicted octanol–water partition coefficient (Wildman–Crippen LogP) is 3.23. The van der Waals surface area contributed by atoms with E-state index in [9.17, 15) is 13.2 Å². The quantitative estimate of drug-likeness (QED) is 0.799. The van der Waals surface area contributed by atoms with Gasteiger partial charge < -0.3 is 10.5 Å². The standard InChI is InChI=1S/C11H20F3NO/c1-7(2)16-9(4)8(3)5-10(6-15)11(12,13)14/h6-9H,5,15H2,1-4H3/b10-6+. The first kappa shape index (κ1) is 15.3. The average molecular weight is 239 g/mol. The zero-order valence-corrected chi connectivity index (χ0v) is 10.1. The largest absolute Gasteiger partial charge is 0.414 e. The van der Waals surface area contributed by atoms with Gasteiger partial charge in [-0.15, -0.1) is 0 Å². The minimum atomic E-state index is -4.35. The highest BCUT2D eigenvalue weighted by molar-refractivity contribution is 5.08. The van der Waals surface area contributed by atoms with Crippen LogP contribution in [-0.4, -0.2) is 18.4 Å². The molecular weight excluding hydrogens is 219 g/mol. The van der Waals surface area contributed by atoms with Crippen LogP contribution >= 0.6 is 0 Å². The summed E-state index contributed by atoms with van der Waals surface area (Å²) in [7, 11) is 0. The molecule has 2 N–H and O–H groups in total. The molecule has 5 heteroatoms. The molecule has 2 nitrogen and oxygen atoms in total. The Balaban J connectivity index is 4.38. The highest BCUT2D eigenvalue weighted by Gasteiger charge is 2.34. The van der Waals surface area contributed by atoms with E-state index in [-0.39, 0.29) is 24.5 Å². The van der Waals surface area contributed by atoms with Crippen LogP contribution in [0.1, 0.15) is 34.1 Å². The summed E-state index contributed by atoms with van der Waals surface area (Å²) in [5.74, 6) is -0.223. The molecule has 0 fully saturated rings. The molecule has 0 spiro atoms. The van der Waals surface area contributed by atoms with E-state index in [1.54, 1.807) is 13.8 Å². The molecule has 0 saturated carbocycles. The van der Waals surface area contributed by atoms with Gasteiger partial charge in [-0.1, -0.05) is 6.92 Å². The van der Waals surface area contributed by atoms with E-state index in [0.717, 1.165) is 0 Å². The first-order valence-electron chi connectivity index (χ1n) is 5.31. The molecule has 0 aliphatic carbocycles. The van der Waals surface area contributed by atoms with Gasteiger partial charge in [0.25, 0.3) is 0 Å². The minimum absolute atomic E-state index is 0.00800. The first-order valence-corrected chi connectivity index (χ1v) is 5.31. The fourth-order valence-electron chi connectivity index (χ4n) is 1.35. The SMILES string of the molecule is CC(C)OC(C)C(C)C/C(=C\N)C(F)(F)F. The zero-order valence-electron chi connectivity index (χ0n) is 10.1. The van der Waals surface area contributed by atoms with Crippen molar-refractivity contribution in [1.29, 1.82) is 0 Å². The van der Waals surface area contributed by atoms with Crippen molar-refractivity contribution in [3.63, 3.8) is 0 Å². The van der Waals surface area contributed by atoms with E-state index in [4.69, 9.17) is 10.5 Å². The fraction of sp³-hybridized carbons (Fsp3) is 0.818. The number of nitrogens with two attached hydrogens (primary N) is 1. The topological polar surface area (TPSA) is 35.2 Å². The van der Waals surface area contributed by atoms with Gasteiger partial charge in [-0.3, -0.25) is 0 Å². The summed E-state index contributed by atoms with van der Waals surface area (Å²) in [6.07, 6.45) is -4.04. The maximum absolute atomic E-state index is 12.4. The van der Waals surface area contributed by atoms with Gasteiger partial charge in [0, 0.05) is 11.8 Å². The summed E-state index contributed by atoms with van der Waals surface area (Å²) in [6.45, 7) is 7.21. The fourth-order valence-corrected chi connectivity index (χ4v) is 1.35. The van der Waals surface area contributed by atoms with Crippen molar-refractivity contribution < 1.29 is 17.9 Å². The summed E-state index contributed by atoms with van der Waals surface area (Å²) in [5.41, 5.74) is 4.29. The third-order valence-corrected chi connectivity index (χ3v) is 2.40. The van der Waals surface area contributed by atoms with Crippen LogP contribution in [0.25, 0.3) is 0 Å². The van der Waals surface area contributed by atoms with E-state index in [0.29, 0.717) is 6.20 Å². The highest BCUT2D eigenvalue weighted by atomic mass is 19.4. The van der Waals surface area contributed by atoms with Gasteiger partial charge in [-0.25, -0.2) is 0 Å². The molecule has 2 atom stereocenters. The highest BCUT2D eigenvalue weighted by Crippen LogP contribution is 2.31. The number of alkyl halides is 3. The maximum atomic E-state index is 12.4. The molecule has 0 rings (SSSR count). The monoisotopic (exact) mass is 239 g/mol. The summed E-state index contributed by atoms with van der Waals surface area (Å²) in [4.78, 5) is 0. The summed E-state index contributed by atoms with van der Waals surface area (Å²) < 4.78 is 42.7. The molecule has 0 bridgehead atoms. The molecule has 0 radical (unpaired) electrons. The van der Waals surface area contributed by atoms with Gasteiger partial charge >= 0.3 is 6.18 Å². The lowest BCUT2D eigenvalue weighted by molar-refractivity contribution is -0.0980. The molecular formula is C11H20F3NO. The van der Waals surface area contributed by atoms with E-state index in [1.807, 2.05) is 13.8 Å². The molecule has 0 amide bonds. The lowest BCUT2D eigenvalue weighted by Gasteiger charge is -2.24. The Bertz CT molecular complexity index is 236. The van der Waals surface area contributed by atoms with Crippen molar-refractivity contribution in [2.24, 2.45) is 11.7 Å². The molecule has 0 aliphatic heterocycles. The first-order chi connectivity index (χ1) is 7.18. The second-order valence-corrected chi connectivity index (χ2v) is 4.26. The number of halogens is 3. The lowest BCUT2D eigenvalue weighted by atomic mass is 9.96. The second-order valence-electron chi connectivity index (χ2n) is 4.26. The van der Waals surface area contributed by atoms with Gasteiger partial charge in [-0.05, 0) is 33.1 Å². The average Bonchev–Trinajstić information content (AvgIpc) is 2.10. The number of hydrogen-bond donors (Lipinski definition) is 1. The molecule has 0 aromatic carbocycles. The summed E-state index contributed by atoms with van der Waals surface area (Å²) >= 11 is 0. The smallest absolute Gasteiger partial charge is 0.404 e. The predicted molar refractivity (Wildman–Crippen MR) is 57.8 cm³/mol. The van der Waals surface area contributed by atoms with Crippen LogP contribution in [0.5, 0.6) is 0 Å². The Labute approximate surface area is 94.6 Å². The normalized spacial score (nSPS) is 17.6. The van der Waals surface area contributed by atoms with Crippen LogP contribution in [-0.2, 0) is 4.74 Å². The molecule has 0 aromatic rings. The maximum Gasteiger partial charge on any atom is 0.414 e. The van der Waals surface area contributed by atoms with Crippen LogP contribution in [0.3, 0.4) is 0 Å². The Morgan fingerprint density at radius 3 is 2.06 bits per heavy atom. The minimum Gasteiger partial charge on any atom is -0.404 e. The third kappa shape index (κ3) is 5.39. The zero-order chi connectivity index (χ0) is 12.9. The van der Waals surface area contributed by atoms with Crippen molar-refractivity contribution in [3.05, 3.63) is 11.8 Å². The summed E-state index contributed by atoms with van der Waals surface area (Å²) in [5, 5.41) is 0. The van der Waals surface area contributed by atoms with Gasteiger partial charge in [-0.2, -0.15) is 13.2 Å². The molecule has 0 heterocycles. The molecule has 0 saturated heterocycles. The number of allylic oxidation sites excluding steroid dienone is 1. The molecule has 0 aromatic heterocycles. The van der Waals surface area contributed by atoms with Crippen molar-refractivity contribution in [3.8, 4) is 0 Å². The van der Waals surface area contributed by atoms with E-state index < -0.39 is 11.7 Å². The van der Waals surface area contributed by atoms with Crippen molar-refractivity contribution in [2.45, 2.75) is 52.5 Å². The Morgan fingerprint density at radius 2 is 1.75 bits per heavy atom. The Morgan fingerprint density at radius 1 is 1.25 bits per heavy atom. The summed E-state index contributed by atoms with van der Waals surface area (Å²) in [6, 6.07) is 0.